The van der Waals surface area contributed by atoms with Crippen LogP contribution >= 0.6 is 11.3 Å². The molecule has 1 aromatic carbocycles. The summed E-state index contributed by atoms with van der Waals surface area (Å²) in [5, 5.41) is 2.36. The summed E-state index contributed by atoms with van der Waals surface area (Å²) in [5.41, 5.74) is 7.51. The van der Waals surface area contributed by atoms with Gasteiger partial charge in [-0.05, 0) is 18.4 Å². The van der Waals surface area contributed by atoms with Crippen molar-refractivity contribution in [2.45, 2.75) is 19.3 Å². The summed E-state index contributed by atoms with van der Waals surface area (Å²) in [5.74, 6) is 0.140. The maximum Gasteiger partial charge on any atom is 0.211 e. The second-order valence-electron chi connectivity index (χ2n) is 4.73. The van der Waals surface area contributed by atoms with Crippen LogP contribution in [-0.4, -0.2) is 25.7 Å². The molecule has 7 heteroatoms. The van der Waals surface area contributed by atoms with Gasteiger partial charge in [-0.25, -0.2) is 18.1 Å². The van der Waals surface area contributed by atoms with Crippen LogP contribution < -0.4 is 10.5 Å². The van der Waals surface area contributed by atoms with Gasteiger partial charge in [0.2, 0.25) is 10.0 Å². The van der Waals surface area contributed by atoms with Crippen LogP contribution in [0.25, 0.3) is 0 Å². The Balaban J connectivity index is 1.69. The number of anilines is 1. The van der Waals surface area contributed by atoms with E-state index in [1.807, 2.05) is 35.7 Å². The highest BCUT2D eigenvalue weighted by Crippen LogP contribution is 2.11. The van der Waals surface area contributed by atoms with E-state index in [9.17, 15) is 8.42 Å². The average molecular weight is 325 g/mol. The zero-order valence-corrected chi connectivity index (χ0v) is 13.3. The van der Waals surface area contributed by atoms with Crippen molar-refractivity contribution >= 4 is 26.5 Å². The second-order valence-corrected chi connectivity index (χ2v) is 7.55. The molecule has 5 nitrogen and oxygen atoms in total. The first-order valence-electron chi connectivity index (χ1n) is 6.76. The number of aromatic nitrogens is 1. The molecule has 0 aliphatic rings. The number of hydrogen-bond donors (Lipinski definition) is 2. The van der Waals surface area contributed by atoms with Crippen molar-refractivity contribution in [2.24, 2.45) is 0 Å². The Hall–Kier alpha value is -1.44. The number of nitrogens with zero attached hydrogens (tertiary/aromatic N) is 1. The number of rotatable bonds is 8. The van der Waals surface area contributed by atoms with Crippen molar-refractivity contribution in [3.63, 3.8) is 0 Å². The predicted octanol–water partition coefficient (Wildman–Crippen LogP) is 1.82. The molecule has 1 heterocycles. The molecule has 0 aliphatic carbocycles. The Morgan fingerprint density at radius 1 is 1.19 bits per heavy atom. The summed E-state index contributed by atoms with van der Waals surface area (Å²) >= 11 is 1.36. The van der Waals surface area contributed by atoms with E-state index in [0.717, 1.165) is 17.7 Å². The van der Waals surface area contributed by atoms with Crippen LogP contribution in [0.1, 0.15) is 17.7 Å². The van der Waals surface area contributed by atoms with Crippen LogP contribution in [0.15, 0.2) is 35.7 Å². The molecule has 3 N–H and O–H groups in total. The van der Waals surface area contributed by atoms with Crippen molar-refractivity contribution in [1.29, 1.82) is 0 Å². The number of benzene rings is 1. The van der Waals surface area contributed by atoms with Crippen LogP contribution in [0.2, 0.25) is 0 Å². The summed E-state index contributed by atoms with van der Waals surface area (Å²) < 4.78 is 26.3. The van der Waals surface area contributed by atoms with Crippen molar-refractivity contribution in [2.75, 3.05) is 18.0 Å². The average Bonchev–Trinajstić information content (AvgIpc) is 2.85. The second kappa shape index (κ2) is 7.53. The first-order chi connectivity index (χ1) is 10.1. The molecule has 0 saturated carbocycles. The molecule has 21 heavy (non-hydrogen) atoms. The Bertz CT molecular complexity index is 654. The molecular formula is C14H19N3O2S2. The van der Waals surface area contributed by atoms with E-state index in [1.165, 1.54) is 11.3 Å². The number of nitrogens with one attached hydrogen (secondary N) is 1. The molecule has 0 spiro atoms. The minimum absolute atomic E-state index is 0.140. The third-order valence-corrected chi connectivity index (χ3v) is 5.19. The Labute approximate surface area is 129 Å². The summed E-state index contributed by atoms with van der Waals surface area (Å²) in [6, 6.07) is 9.88. The highest BCUT2D eigenvalue weighted by atomic mass is 32.2. The quantitative estimate of drug-likeness (QED) is 0.775. The number of hydrogen-bond acceptors (Lipinski definition) is 5. The van der Waals surface area contributed by atoms with Gasteiger partial charge in [-0.3, -0.25) is 0 Å². The first kappa shape index (κ1) is 15.9. The van der Waals surface area contributed by atoms with Crippen molar-refractivity contribution in [3.05, 3.63) is 47.0 Å². The van der Waals surface area contributed by atoms with Gasteiger partial charge in [0.25, 0.3) is 0 Å². The van der Waals surface area contributed by atoms with Gasteiger partial charge < -0.3 is 5.73 Å². The third kappa shape index (κ3) is 5.82. The Morgan fingerprint density at radius 2 is 1.95 bits per heavy atom. The molecule has 0 bridgehead atoms. The number of nitrogens with two attached hydrogens (primary N) is 1. The van der Waals surface area contributed by atoms with E-state index in [1.54, 1.807) is 0 Å². The summed E-state index contributed by atoms with van der Waals surface area (Å²) in [6.45, 7) is 0.358. The van der Waals surface area contributed by atoms with E-state index in [0.29, 0.717) is 24.5 Å². The normalized spacial score (nSPS) is 11.6. The van der Waals surface area contributed by atoms with Gasteiger partial charge in [-0.2, -0.15) is 0 Å². The van der Waals surface area contributed by atoms with E-state index in [4.69, 9.17) is 5.73 Å². The standard InChI is InChI=1S/C14H19N3O2S2/c15-14-17-13(11-20-14)8-9-16-21(18,19)10-4-7-12-5-2-1-3-6-12/h1-3,5-6,11,16H,4,7-10H2,(H2,15,17). The molecular weight excluding hydrogens is 306 g/mol. The maximum absolute atomic E-state index is 11.9. The summed E-state index contributed by atoms with van der Waals surface area (Å²) in [6.07, 6.45) is 1.94. The molecule has 0 unspecified atom stereocenters. The Morgan fingerprint density at radius 3 is 2.62 bits per heavy atom. The molecule has 0 radical (unpaired) electrons. The summed E-state index contributed by atoms with van der Waals surface area (Å²) in [7, 11) is -3.22. The highest BCUT2D eigenvalue weighted by molar-refractivity contribution is 7.89. The molecule has 0 saturated heterocycles. The topological polar surface area (TPSA) is 85.1 Å². The fourth-order valence-electron chi connectivity index (χ4n) is 1.96. The van der Waals surface area contributed by atoms with Crippen LogP contribution in [0.3, 0.4) is 0 Å². The van der Waals surface area contributed by atoms with Gasteiger partial charge in [0, 0.05) is 18.3 Å². The number of sulfonamides is 1. The summed E-state index contributed by atoms with van der Waals surface area (Å²) in [4.78, 5) is 4.09. The molecule has 0 aliphatic heterocycles. The van der Waals surface area contributed by atoms with E-state index < -0.39 is 10.0 Å². The van der Waals surface area contributed by atoms with E-state index >= 15 is 0 Å². The minimum atomic E-state index is -3.22. The largest absolute Gasteiger partial charge is 0.375 e. The first-order valence-corrected chi connectivity index (χ1v) is 9.29. The van der Waals surface area contributed by atoms with Crippen molar-refractivity contribution in [3.8, 4) is 0 Å². The minimum Gasteiger partial charge on any atom is -0.375 e. The van der Waals surface area contributed by atoms with Crippen LogP contribution in [0, 0.1) is 0 Å². The fraction of sp³-hybridized carbons (Fsp3) is 0.357. The monoisotopic (exact) mass is 325 g/mol. The van der Waals surface area contributed by atoms with Gasteiger partial charge in [0.1, 0.15) is 0 Å². The van der Waals surface area contributed by atoms with Crippen LogP contribution in [0.5, 0.6) is 0 Å². The third-order valence-electron chi connectivity index (χ3n) is 2.99. The van der Waals surface area contributed by atoms with E-state index in [2.05, 4.69) is 9.71 Å². The molecule has 114 valence electrons. The number of aryl methyl sites for hydroxylation is 1. The lowest BCUT2D eigenvalue weighted by atomic mass is 10.1. The van der Waals surface area contributed by atoms with Gasteiger partial charge in [0.05, 0.1) is 11.4 Å². The molecule has 0 amide bonds. The van der Waals surface area contributed by atoms with Crippen LogP contribution in [0.4, 0.5) is 5.13 Å². The maximum atomic E-state index is 11.9. The van der Waals surface area contributed by atoms with Gasteiger partial charge in [0.15, 0.2) is 5.13 Å². The van der Waals surface area contributed by atoms with Gasteiger partial charge >= 0.3 is 0 Å². The fourth-order valence-corrected chi connectivity index (χ4v) is 3.63. The van der Waals surface area contributed by atoms with Gasteiger partial charge in [-0.15, -0.1) is 11.3 Å². The SMILES string of the molecule is Nc1nc(CCNS(=O)(=O)CCCc2ccccc2)cs1. The Kier molecular flexibility index (Phi) is 5.72. The zero-order chi connectivity index (χ0) is 15.1. The molecule has 0 atom stereocenters. The lowest BCUT2D eigenvalue weighted by Gasteiger charge is -2.06. The molecule has 2 aromatic rings. The smallest absolute Gasteiger partial charge is 0.211 e. The lowest BCUT2D eigenvalue weighted by Crippen LogP contribution is -2.28. The molecule has 2 rings (SSSR count). The number of nitrogen functional groups attached to an aromatic ring is 1. The molecule has 0 fully saturated rings. The van der Waals surface area contributed by atoms with E-state index in [-0.39, 0.29) is 5.75 Å². The lowest BCUT2D eigenvalue weighted by molar-refractivity contribution is 0.578. The van der Waals surface area contributed by atoms with Gasteiger partial charge in [-0.1, -0.05) is 30.3 Å². The van der Waals surface area contributed by atoms with Crippen molar-refractivity contribution in [1.82, 2.24) is 9.71 Å². The van der Waals surface area contributed by atoms with Crippen molar-refractivity contribution < 1.29 is 8.42 Å². The van der Waals surface area contributed by atoms with Crippen LogP contribution in [-0.2, 0) is 22.9 Å². The molecule has 1 aromatic heterocycles. The highest BCUT2D eigenvalue weighted by Gasteiger charge is 2.10. The predicted molar refractivity (Wildman–Crippen MR) is 86.8 cm³/mol. The number of thiazole rings is 1. The zero-order valence-electron chi connectivity index (χ0n) is 11.7.